The van der Waals surface area contributed by atoms with Crippen molar-refractivity contribution in [2.75, 3.05) is 20.2 Å². The van der Waals surface area contributed by atoms with E-state index in [0.29, 0.717) is 26.2 Å². The van der Waals surface area contributed by atoms with Crippen LogP contribution in [0.2, 0.25) is 0 Å². The molecule has 0 unspecified atom stereocenters. The van der Waals surface area contributed by atoms with E-state index < -0.39 is 0 Å². The van der Waals surface area contributed by atoms with Gasteiger partial charge in [-0.1, -0.05) is 78.9 Å². The SMILES string of the molecule is CCOC(=O)C/C=C/n1c(-c2ccccc2)nc(-c2ccccc2)c1CN(Cc1ccc2c(c1)OCO2)Cc1ccc2c(c1)OCO2. The Hall–Kier alpha value is -5.54. The third kappa shape index (κ3) is 6.85. The number of rotatable bonds is 12. The van der Waals surface area contributed by atoms with Crippen molar-refractivity contribution in [3.05, 3.63) is 120 Å². The van der Waals surface area contributed by atoms with Gasteiger partial charge in [0.1, 0.15) is 5.82 Å². The van der Waals surface area contributed by atoms with Gasteiger partial charge in [0.25, 0.3) is 0 Å². The van der Waals surface area contributed by atoms with Crippen LogP contribution in [-0.4, -0.2) is 40.6 Å². The number of nitrogens with zero attached hydrogens (tertiary/aromatic N) is 3. The highest BCUT2D eigenvalue weighted by molar-refractivity contribution is 5.73. The summed E-state index contributed by atoms with van der Waals surface area (Å²) in [4.78, 5) is 19.9. The van der Waals surface area contributed by atoms with Gasteiger partial charge in [0, 0.05) is 37.0 Å². The van der Waals surface area contributed by atoms with Crippen LogP contribution in [0.15, 0.2) is 103 Å². The van der Waals surface area contributed by atoms with Crippen LogP contribution >= 0.6 is 0 Å². The van der Waals surface area contributed by atoms with E-state index in [9.17, 15) is 4.79 Å². The van der Waals surface area contributed by atoms with E-state index in [-0.39, 0.29) is 26.0 Å². The molecule has 0 N–H and O–H groups in total. The molecule has 0 fully saturated rings. The Bertz CT molecular complexity index is 1830. The fourth-order valence-corrected chi connectivity index (χ4v) is 5.84. The van der Waals surface area contributed by atoms with Gasteiger partial charge >= 0.3 is 5.97 Å². The summed E-state index contributed by atoms with van der Waals surface area (Å²) < 4.78 is 29.9. The normalized spacial score (nSPS) is 13.1. The Morgan fingerprint density at radius 3 is 1.94 bits per heavy atom. The van der Waals surface area contributed by atoms with Crippen LogP contribution in [0.5, 0.6) is 23.0 Å². The van der Waals surface area contributed by atoms with Crippen molar-refractivity contribution < 1.29 is 28.5 Å². The van der Waals surface area contributed by atoms with Crippen molar-refractivity contribution in [3.63, 3.8) is 0 Å². The molecular weight excluding hydrogens is 594 g/mol. The molecule has 2 aliphatic rings. The summed E-state index contributed by atoms with van der Waals surface area (Å²) in [6, 6.07) is 32.4. The quantitative estimate of drug-likeness (QED) is 0.133. The Morgan fingerprint density at radius 2 is 1.34 bits per heavy atom. The number of aromatic nitrogens is 2. The van der Waals surface area contributed by atoms with E-state index in [0.717, 1.165) is 62.5 Å². The van der Waals surface area contributed by atoms with E-state index in [1.54, 1.807) is 0 Å². The number of fused-ring (bicyclic) bond motifs is 2. The van der Waals surface area contributed by atoms with Gasteiger partial charge in [0.05, 0.1) is 24.4 Å². The minimum absolute atomic E-state index is 0.151. The topological polar surface area (TPSA) is 84.3 Å². The lowest BCUT2D eigenvalue weighted by Gasteiger charge is -2.24. The molecule has 238 valence electrons. The maximum absolute atomic E-state index is 12.3. The van der Waals surface area contributed by atoms with Crippen molar-refractivity contribution in [2.45, 2.75) is 33.0 Å². The summed E-state index contributed by atoms with van der Waals surface area (Å²) in [6.07, 6.45) is 3.93. The molecular formula is C38H35N3O6. The first-order valence-electron chi connectivity index (χ1n) is 15.7. The lowest BCUT2D eigenvalue weighted by atomic mass is 10.1. The Morgan fingerprint density at radius 1 is 0.766 bits per heavy atom. The van der Waals surface area contributed by atoms with Crippen LogP contribution in [0.3, 0.4) is 0 Å². The standard InChI is InChI=1S/C38H35N3O6/c1-2-43-36(42)14-9-19-41-31(37(29-10-5-3-6-11-29)39-38(41)30-12-7-4-8-13-30)24-40(22-27-15-17-32-34(20-27)46-25-44-32)23-28-16-18-33-35(21-28)47-26-45-33/h3-13,15-21H,2,14,22-26H2,1H3/b19-9+. The fraction of sp³-hybridized carbons (Fsp3) is 0.211. The Balaban J connectivity index is 1.32. The predicted octanol–water partition coefficient (Wildman–Crippen LogP) is 7.30. The van der Waals surface area contributed by atoms with Crippen molar-refractivity contribution >= 4 is 12.2 Å². The molecule has 4 aromatic carbocycles. The highest BCUT2D eigenvalue weighted by Crippen LogP contribution is 2.36. The molecule has 9 heteroatoms. The molecule has 0 amide bonds. The van der Waals surface area contributed by atoms with Crippen molar-refractivity contribution in [1.29, 1.82) is 0 Å². The minimum atomic E-state index is -0.276. The molecule has 47 heavy (non-hydrogen) atoms. The van der Waals surface area contributed by atoms with Gasteiger partial charge in [-0.05, 0) is 42.3 Å². The van der Waals surface area contributed by atoms with Gasteiger partial charge in [0.2, 0.25) is 13.6 Å². The monoisotopic (exact) mass is 629 g/mol. The summed E-state index contributed by atoms with van der Waals surface area (Å²) in [7, 11) is 0. The second kappa shape index (κ2) is 13.8. The van der Waals surface area contributed by atoms with Gasteiger partial charge in [0.15, 0.2) is 23.0 Å². The van der Waals surface area contributed by atoms with Crippen molar-refractivity contribution in [3.8, 4) is 45.6 Å². The zero-order chi connectivity index (χ0) is 32.0. The molecule has 2 aliphatic heterocycles. The highest BCUT2D eigenvalue weighted by atomic mass is 16.7. The molecule has 5 aromatic rings. The van der Waals surface area contributed by atoms with Gasteiger partial charge < -0.3 is 28.3 Å². The molecule has 0 atom stereocenters. The van der Waals surface area contributed by atoms with Crippen LogP contribution in [0.4, 0.5) is 0 Å². The van der Waals surface area contributed by atoms with E-state index in [4.69, 9.17) is 28.7 Å². The molecule has 0 saturated carbocycles. The second-order valence-electron chi connectivity index (χ2n) is 11.2. The van der Waals surface area contributed by atoms with E-state index in [1.807, 2.05) is 92.0 Å². The van der Waals surface area contributed by atoms with E-state index in [1.165, 1.54) is 0 Å². The van der Waals surface area contributed by atoms with Crippen molar-refractivity contribution in [2.24, 2.45) is 0 Å². The largest absolute Gasteiger partial charge is 0.466 e. The number of imidazole rings is 1. The van der Waals surface area contributed by atoms with E-state index in [2.05, 4.69) is 33.7 Å². The molecule has 9 nitrogen and oxygen atoms in total. The summed E-state index contributed by atoms with van der Waals surface area (Å²) in [5.74, 6) is 3.50. The molecule has 1 aromatic heterocycles. The fourth-order valence-electron chi connectivity index (χ4n) is 5.84. The maximum atomic E-state index is 12.3. The molecule has 0 bridgehead atoms. The number of carbonyl (C=O) groups is 1. The molecule has 0 saturated heterocycles. The smallest absolute Gasteiger partial charge is 0.309 e. The third-order valence-electron chi connectivity index (χ3n) is 7.99. The summed E-state index contributed by atoms with van der Waals surface area (Å²) in [6.45, 7) is 4.38. The molecule has 0 radical (unpaired) electrons. The first kappa shape index (κ1) is 30.1. The van der Waals surface area contributed by atoms with Crippen LogP contribution in [-0.2, 0) is 29.2 Å². The highest BCUT2D eigenvalue weighted by Gasteiger charge is 2.23. The summed E-state index contributed by atoms with van der Waals surface area (Å²) in [5.41, 5.74) is 5.99. The number of ether oxygens (including phenoxy) is 5. The Kier molecular flexibility index (Phi) is 8.88. The first-order valence-corrected chi connectivity index (χ1v) is 15.7. The number of carbonyl (C=O) groups excluding carboxylic acids is 1. The average molecular weight is 630 g/mol. The lowest BCUT2D eigenvalue weighted by Crippen LogP contribution is -2.24. The van der Waals surface area contributed by atoms with Crippen molar-refractivity contribution in [1.82, 2.24) is 14.5 Å². The second-order valence-corrected chi connectivity index (χ2v) is 11.2. The maximum Gasteiger partial charge on any atom is 0.309 e. The average Bonchev–Trinajstić information content (AvgIpc) is 3.85. The van der Waals surface area contributed by atoms with Crippen LogP contribution in [0.25, 0.3) is 28.8 Å². The zero-order valence-corrected chi connectivity index (χ0v) is 26.1. The van der Waals surface area contributed by atoms with Crippen LogP contribution < -0.4 is 18.9 Å². The van der Waals surface area contributed by atoms with Gasteiger partial charge in [-0.2, -0.15) is 0 Å². The lowest BCUT2D eigenvalue weighted by molar-refractivity contribution is -0.142. The molecule has 3 heterocycles. The zero-order valence-electron chi connectivity index (χ0n) is 26.1. The van der Waals surface area contributed by atoms with Crippen LogP contribution in [0, 0.1) is 0 Å². The predicted molar refractivity (Wildman–Crippen MR) is 178 cm³/mol. The number of esters is 1. The number of hydrogen-bond donors (Lipinski definition) is 0. The number of hydrogen-bond acceptors (Lipinski definition) is 8. The summed E-state index contributed by atoms with van der Waals surface area (Å²) >= 11 is 0. The first-order chi connectivity index (χ1) is 23.1. The van der Waals surface area contributed by atoms with Gasteiger partial charge in [-0.25, -0.2) is 4.98 Å². The van der Waals surface area contributed by atoms with Gasteiger partial charge in [-0.3, -0.25) is 9.69 Å². The molecule has 7 rings (SSSR count). The summed E-state index contributed by atoms with van der Waals surface area (Å²) in [5, 5.41) is 0. The van der Waals surface area contributed by atoms with Crippen LogP contribution in [0.1, 0.15) is 30.2 Å². The minimum Gasteiger partial charge on any atom is -0.466 e. The Labute approximate surface area is 273 Å². The van der Waals surface area contributed by atoms with E-state index >= 15 is 0 Å². The molecule has 0 aliphatic carbocycles. The number of benzene rings is 4. The molecule has 0 spiro atoms. The van der Waals surface area contributed by atoms with Gasteiger partial charge in [-0.15, -0.1) is 0 Å². The third-order valence-corrected chi connectivity index (χ3v) is 7.99.